The normalized spacial score (nSPS) is 21.6. The number of hydrogen-bond donors (Lipinski definition) is 1. The number of aliphatic hydroxyl groups is 1. The first kappa shape index (κ1) is 13.4. The van der Waals surface area contributed by atoms with Gasteiger partial charge in [0.25, 0.3) is 0 Å². The molecular weight excluding hydrogens is 228 g/mol. The van der Waals surface area contributed by atoms with Gasteiger partial charge in [-0.1, -0.05) is 11.6 Å². The Balaban J connectivity index is 1.99. The number of hydrogen-bond acceptors (Lipinski definition) is 3. The molecule has 0 radical (unpaired) electrons. The molecule has 0 spiro atoms. The third-order valence-corrected chi connectivity index (χ3v) is 3.31. The monoisotopic (exact) mass is 250 g/mol. The molecule has 1 fully saturated rings. The highest BCUT2D eigenvalue weighted by molar-refractivity contribution is 5.38. The highest BCUT2D eigenvalue weighted by Gasteiger charge is 2.16. The van der Waals surface area contributed by atoms with Crippen LogP contribution >= 0.6 is 0 Å². The Bertz CT molecular complexity index is 381. The second kappa shape index (κ2) is 6.21. The van der Waals surface area contributed by atoms with Crippen molar-refractivity contribution in [1.29, 1.82) is 0 Å². The molecule has 0 aliphatic carbocycles. The average Bonchev–Trinajstić information content (AvgIpc) is 2.38. The molecule has 1 aliphatic rings. The molecule has 1 aromatic carbocycles. The molecule has 1 aliphatic heterocycles. The van der Waals surface area contributed by atoms with Crippen LogP contribution in [0.2, 0.25) is 0 Å². The van der Waals surface area contributed by atoms with Crippen LogP contribution in [-0.4, -0.2) is 24.4 Å². The van der Waals surface area contributed by atoms with Gasteiger partial charge < -0.3 is 14.6 Å². The van der Waals surface area contributed by atoms with Gasteiger partial charge in [0.1, 0.15) is 12.4 Å². The van der Waals surface area contributed by atoms with E-state index in [-0.39, 0.29) is 6.10 Å². The lowest BCUT2D eigenvalue weighted by molar-refractivity contribution is -0.0116. The SMILES string of the molecule is Cc1ccc(OCC2CCCCO2)c([C@@H](C)O)c1. The van der Waals surface area contributed by atoms with Crippen molar-refractivity contribution in [2.75, 3.05) is 13.2 Å². The van der Waals surface area contributed by atoms with Crippen LogP contribution in [0.15, 0.2) is 18.2 Å². The van der Waals surface area contributed by atoms with Crippen molar-refractivity contribution in [1.82, 2.24) is 0 Å². The molecule has 0 saturated carbocycles. The molecule has 2 rings (SSSR count). The molecule has 0 aromatic heterocycles. The largest absolute Gasteiger partial charge is 0.490 e. The first-order valence-corrected chi connectivity index (χ1v) is 6.70. The molecule has 1 aromatic rings. The second-order valence-corrected chi connectivity index (χ2v) is 5.02. The van der Waals surface area contributed by atoms with E-state index in [0.717, 1.165) is 36.3 Å². The summed E-state index contributed by atoms with van der Waals surface area (Å²) < 4.78 is 11.4. The fraction of sp³-hybridized carbons (Fsp3) is 0.600. The van der Waals surface area contributed by atoms with Crippen molar-refractivity contribution in [2.45, 2.75) is 45.3 Å². The van der Waals surface area contributed by atoms with Gasteiger partial charge >= 0.3 is 0 Å². The van der Waals surface area contributed by atoms with Crippen LogP contribution in [0.4, 0.5) is 0 Å². The predicted octanol–water partition coefficient (Wildman–Crippen LogP) is 3.00. The van der Waals surface area contributed by atoms with E-state index in [0.29, 0.717) is 6.61 Å². The number of aryl methyl sites for hydroxylation is 1. The van der Waals surface area contributed by atoms with Gasteiger partial charge in [0, 0.05) is 12.2 Å². The molecule has 1 unspecified atom stereocenters. The summed E-state index contributed by atoms with van der Waals surface area (Å²) in [6, 6.07) is 5.91. The summed E-state index contributed by atoms with van der Waals surface area (Å²) in [6.07, 6.45) is 3.12. The first-order chi connectivity index (χ1) is 8.66. The Morgan fingerprint density at radius 1 is 1.44 bits per heavy atom. The van der Waals surface area contributed by atoms with Gasteiger partial charge in [0.05, 0.1) is 12.2 Å². The van der Waals surface area contributed by atoms with Gasteiger partial charge in [-0.15, -0.1) is 0 Å². The lowest BCUT2D eigenvalue weighted by Crippen LogP contribution is -2.26. The highest BCUT2D eigenvalue weighted by atomic mass is 16.5. The first-order valence-electron chi connectivity index (χ1n) is 6.70. The van der Waals surface area contributed by atoms with Crippen molar-refractivity contribution in [2.24, 2.45) is 0 Å². The number of aliphatic hydroxyl groups excluding tert-OH is 1. The van der Waals surface area contributed by atoms with Crippen LogP contribution in [0.3, 0.4) is 0 Å². The standard InChI is InChI=1S/C15H22O3/c1-11-6-7-15(14(9-11)12(2)16)18-10-13-5-3-4-8-17-13/h6-7,9,12-13,16H,3-5,8,10H2,1-2H3/t12-,13?/m1/s1. The summed E-state index contributed by atoms with van der Waals surface area (Å²) in [5.74, 6) is 0.768. The molecule has 0 amide bonds. The molecular formula is C15H22O3. The Labute approximate surface area is 109 Å². The number of rotatable bonds is 4. The molecule has 1 heterocycles. The minimum absolute atomic E-state index is 0.196. The second-order valence-electron chi connectivity index (χ2n) is 5.02. The average molecular weight is 250 g/mol. The van der Waals surface area contributed by atoms with Gasteiger partial charge in [-0.05, 0) is 45.2 Å². The zero-order valence-electron chi connectivity index (χ0n) is 11.2. The van der Waals surface area contributed by atoms with Crippen LogP contribution in [-0.2, 0) is 4.74 Å². The van der Waals surface area contributed by atoms with Crippen molar-refractivity contribution >= 4 is 0 Å². The van der Waals surface area contributed by atoms with Gasteiger partial charge in [-0.2, -0.15) is 0 Å². The third-order valence-electron chi connectivity index (χ3n) is 3.31. The molecule has 1 N–H and O–H groups in total. The summed E-state index contributed by atoms with van der Waals surface area (Å²) >= 11 is 0. The summed E-state index contributed by atoms with van der Waals surface area (Å²) in [4.78, 5) is 0. The lowest BCUT2D eigenvalue weighted by atomic mass is 10.1. The summed E-state index contributed by atoms with van der Waals surface area (Å²) in [7, 11) is 0. The van der Waals surface area contributed by atoms with Crippen LogP contribution in [0.5, 0.6) is 5.75 Å². The fourth-order valence-corrected chi connectivity index (χ4v) is 2.25. The van der Waals surface area contributed by atoms with E-state index in [1.807, 2.05) is 25.1 Å². The van der Waals surface area contributed by atoms with Gasteiger partial charge in [-0.3, -0.25) is 0 Å². The van der Waals surface area contributed by atoms with Crippen molar-refractivity contribution < 1.29 is 14.6 Å². The van der Waals surface area contributed by atoms with Crippen LogP contribution < -0.4 is 4.74 Å². The minimum Gasteiger partial charge on any atom is -0.490 e. The molecule has 100 valence electrons. The van der Waals surface area contributed by atoms with Gasteiger partial charge in [0.15, 0.2) is 0 Å². The highest BCUT2D eigenvalue weighted by Crippen LogP contribution is 2.27. The lowest BCUT2D eigenvalue weighted by Gasteiger charge is -2.23. The fourth-order valence-electron chi connectivity index (χ4n) is 2.25. The minimum atomic E-state index is -0.507. The van der Waals surface area contributed by atoms with E-state index >= 15 is 0 Å². The molecule has 3 heteroatoms. The van der Waals surface area contributed by atoms with E-state index in [1.165, 1.54) is 6.42 Å². The van der Waals surface area contributed by atoms with Gasteiger partial charge in [-0.25, -0.2) is 0 Å². The zero-order valence-corrected chi connectivity index (χ0v) is 11.2. The van der Waals surface area contributed by atoms with E-state index < -0.39 is 6.10 Å². The van der Waals surface area contributed by atoms with E-state index in [2.05, 4.69) is 0 Å². The van der Waals surface area contributed by atoms with Crippen molar-refractivity contribution in [3.63, 3.8) is 0 Å². The van der Waals surface area contributed by atoms with Crippen LogP contribution in [0.25, 0.3) is 0 Å². The number of benzene rings is 1. The molecule has 2 atom stereocenters. The maximum Gasteiger partial charge on any atom is 0.125 e. The Kier molecular flexibility index (Phi) is 4.61. The van der Waals surface area contributed by atoms with E-state index in [4.69, 9.17) is 9.47 Å². The predicted molar refractivity (Wildman–Crippen MR) is 70.9 cm³/mol. The maximum atomic E-state index is 9.75. The zero-order chi connectivity index (χ0) is 13.0. The Hall–Kier alpha value is -1.06. The smallest absolute Gasteiger partial charge is 0.125 e. The quantitative estimate of drug-likeness (QED) is 0.892. The van der Waals surface area contributed by atoms with E-state index in [1.54, 1.807) is 6.92 Å². The van der Waals surface area contributed by atoms with Crippen molar-refractivity contribution in [3.05, 3.63) is 29.3 Å². The van der Waals surface area contributed by atoms with E-state index in [9.17, 15) is 5.11 Å². The van der Waals surface area contributed by atoms with Crippen molar-refractivity contribution in [3.8, 4) is 5.75 Å². The Morgan fingerprint density at radius 3 is 2.94 bits per heavy atom. The number of ether oxygens (including phenoxy) is 2. The summed E-state index contributed by atoms with van der Waals surface area (Å²) in [5, 5.41) is 9.75. The van der Waals surface area contributed by atoms with Crippen LogP contribution in [0.1, 0.15) is 43.4 Å². The molecule has 3 nitrogen and oxygen atoms in total. The third kappa shape index (κ3) is 3.47. The van der Waals surface area contributed by atoms with Gasteiger partial charge in [0.2, 0.25) is 0 Å². The maximum absolute atomic E-state index is 9.75. The molecule has 1 saturated heterocycles. The summed E-state index contributed by atoms with van der Waals surface area (Å²) in [5.41, 5.74) is 1.98. The molecule has 0 bridgehead atoms. The Morgan fingerprint density at radius 2 is 2.28 bits per heavy atom. The summed E-state index contributed by atoms with van der Waals surface area (Å²) in [6.45, 7) is 5.19. The topological polar surface area (TPSA) is 38.7 Å². The van der Waals surface area contributed by atoms with Crippen LogP contribution in [0, 0.1) is 6.92 Å². The molecule has 18 heavy (non-hydrogen) atoms.